The molecule has 0 saturated heterocycles. The van der Waals surface area contributed by atoms with E-state index in [2.05, 4.69) is 55.5 Å². The minimum absolute atomic E-state index is 0.180. The maximum absolute atomic E-state index is 9.57. The van der Waals surface area contributed by atoms with Crippen LogP contribution in [0, 0.1) is 0 Å². The Kier molecular flexibility index (Phi) is 6.89. The van der Waals surface area contributed by atoms with Crippen molar-refractivity contribution >= 4 is 5.69 Å². The lowest BCUT2D eigenvalue weighted by Crippen LogP contribution is -2.24. The average molecular weight is 264 g/mol. The van der Waals surface area contributed by atoms with E-state index in [1.807, 2.05) is 6.92 Å². The van der Waals surface area contributed by atoms with Gasteiger partial charge in [0.2, 0.25) is 0 Å². The maximum atomic E-state index is 9.57. The zero-order valence-electron chi connectivity index (χ0n) is 12.7. The van der Waals surface area contributed by atoms with Gasteiger partial charge in [-0.25, -0.2) is 0 Å². The lowest BCUT2D eigenvalue weighted by atomic mass is 10.0. The molecule has 2 atom stereocenters. The van der Waals surface area contributed by atoms with Crippen molar-refractivity contribution in [1.82, 2.24) is 5.32 Å². The molecule has 3 heteroatoms. The second kappa shape index (κ2) is 8.18. The van der Waals surface area contributed by atoms with E-state index in [0.717, 1.165) is 25.8 Å². The van der Waals surface area contributed by atoms with Gasteiger partial charge in [0.15, 0.2) is 0 Å². The summed E-state index contributed by atoms with van der Waals surface area (Å²) < 4.78 is 0. The molecule has 0 radical (unpaired) electrons. The molecule has 2 N–H and O–H groups in total. The first-order valence-corrected chi connectivity index (χ1v) is 7.27. The minimum Gasteiger partial charge on any atom is -0.393 e. The SMILES string of the molecule is CCC(O)CCNC(CC)c1ccc(N(C)C)cc1. The Labute approximate surface area is 117 Å². The Hall–Kier alpha value is -1.06. The number of nitrogens with zero attached hydrogens (tertiary/aromatic N) is 1. The lowest BCUT2D eigenvalue weighted by Gasteiger charge is -2.20. The molecule has 3 nitrogen and oxygen atoms in total. The lowest BCUT2D eigenvalue weighted by molar-refractivity contribution is 0.158. The third-order valence-electron chi connectivity index (χ3n) is 3.56. The van der Waals surface area contributed by atoms with Crippen LogP contribution < -0.4 is 10.2 Å². The second-order valence-electron chi connectivity index (χ2n) is 5.25. The van der Waals surface area contributed by atoms with Crippen LogP contribution in [0.2, 0.25) is 0 Å². The fourth-order valence-corrected chi connectivity index (χ4v) is 2.13. The van der Waals surface area contributed by atoms with Gasteiger partial charge in [-0.2, -0.15) is 0 Å². The highest BCUT2D eigenvalue weighted by Gasteiger charge is 2.09. The summed E-state index contributed by atoms with van der Waals surface area (Å²) in [6.07, 6.45) is 2.53. The Morgan fingerprint density at radius 1 is 1.11 bits per heavy atom. The molecule has 108 valence electrons. The van der Waals surface area contributed by atoms with Crippen LogP contribution in [0.3, 0.4) is 0 Å². The smallest absolute Gasteiger partial charge is 0.0549 e. The van der Waals surface area contributed by atoms with E-state index in [-0.39, 0.29) is 6.10 Å². The highest BCUT2D eigenvalue weighted by molar-refractivity contribution is 5.46. The van der Waals surface area contributed by atoms with Crippen LogP contribution in [-0.4, -0.2) is 31.9 Å². The minimum atomic E-state index is -0.180. The molecule has 0 fully saturated rings. The Bertz CT molecular complexity index is 348. The van der Waals surface area contributed by atoms with Crippen molar-refractivity contribution in [3.63, 3.8) is 0 Å². The van der Waals surface area contributed by atoms with Crippen LogP contribution in [0.1, 0.15) is 44.7 Å². The summed E-state index contributed by atoms with van der Waals surface area (Å²) >= 11 is 0. The van der Waals surface area contributed by atoms with Gasteiger partial charge in [-0.05, 0) is 43.5 Å². The van der Waals surface area contributed by atoms with E-state index in [9.17, 15) is 5.11 Å². The van der Waals surface area contributed by atoms with E-state index in [4.69, 9.17) is 0 Å². The van der Waals surface area contributed by atoms with E-state index in [0.29, 0.717) is 6.04 Å². The van der Waals surface area contributed by atoms with Crippen molar-refractivity contribution in [1.29, 1.82) is 0 Å². The maximum Gasteiger partial charge on any atom is 0.0549 e. The van der Waals surface area contributed by atoms with E-state index in [1.54, 1.807) is 0 Å². The molecule has 0 aliphatic rings. The van der Waals surface area contributed by atoms with E-state index >= 15 is 0 Å². The second-order valence-corrected chi connectivity index (χ2v) is 5.25. The molecule has 0 amide bonds. The topological polar surface area (TPSA) is 35.5 Å². The first kappa shape index (κ1) is 16.0. The standard InChI is InChI=1S/C16H28N2O/c1-5-15(19)11-12-17-16(6-2)13-7-9-14(10-8-13)18(3)4/h7-10,15-17,19H,5-6,11-12H2,1-4H3. The Morgan fingerprint density at radius 2 is 1.74 bits per heavy atom. The highest BCUT2D eigenvalue weighted by Crippen LogP contribution is 2.20. The predicted molar refractivity (Wildman–Crippen MR) is 82.7 cm³/mol. The van der Waals surface area contributed by atoms with Gasteiger partial charge in [-0.15, -0.1) is 0 Å². The van der Waals surface area contributed by atoms with E-state index in [1.165, 1.54) is 11.3 Å². The zero-order valence-corrected chi connectivity index (χ0v) is 12.7. The van der Waals surface area contributed by atoms with Gasteiger partial charge in [0, 0.05) is 25.8 Å². The molecule has 2 unspecified atom stereocenters. The molecule has 0 aliphatic heterocycles. The molecule has 1 aromatic carbocycles. The fourth-order valence-electron chi connectivity index (χ4n) is 2.13. The van der Waals surface area contributed by atoms with Crippen molar-refractivity contribution in [3.05, 3.63) is 29.8 Å². The molecule has 0 heterocycles. The summed E-state index contributed by atoms with van der Waals surface area (Å²) in [6, 6.07) is 9.06. The van der Waals surface area contributed by atoms with Crippen LogP contribution >= 0.6 is 0 Å². The summed E-state index contributed by atoms with van der Waals surface area (Å²) in [5.41, 5.74) is 2.54. The van der Waals surface area contributed by atoms with Gasteiger partial charge < -0.3 is 15.3 Å². The van der Waals surface area contributed by atoms with Crippen LogP contribution in [0.5, 0.6) is 0 Å². The monoisotopic (exact) mass is 264 g/mol. The first-order valence-electron chi connectivity index (χ1n) is 7.27. The van der Waals surface area contributed by atoms with Crippen molar-refractivity contribution in [2.45, 2.75) is 45.3 Å². The number of hydrogen-bond acceptors (Lipinski definition) is 3. The molecular weight excluding hydrogens is 236 g/mol. The summed E-state index contributed by atoms with van der Waals surface area (Å²) in [4.78, 5) is 2.11. The fraction of sp³-hybridized carbons (Fsp3) is 0.625. The molecule has 0 saturated carbocycles. The largest absolute Gasteiger partial charge is 0.393 e. The molecule has 19 heavy (non-hydrogen) atoms. The summed E-state index contributed by atoms with van der Waals surface area (Å²) in [5, 5.41) is 13.1. The number of benzene rings is 1. The van der Waals surface area contributed by atoms with Crippen LogP contribution in [-0.2, 0) is 0 Å². The van der Waals surface area contributed by atoms with Crippen molar-refractivity contribution in [2.24, 2.45) is 0 Å². The third-order valence-corrected chi connectivity index (χ3v) is 3.56. The summed E-state index contributed by atoms with van der Waals surface area (Å²) in [5.74, 6) is 0. The van der Waals surface area contributed by atoms with Crippen molar-refractivity contribution in [3.8, 4) is 0 Å². The van der Waals surface area contributed by atoms with E-state index < -0.39 is 0 Å². The average Bonchev–Trinajstić information content (AvgIpc) is 2.43. The summed E-state index contributed by atoms with van der Waals surface area (Å²) in [6.45, 7) is 5.07. The molecule has 0 aliphatic carbocycles. The van der Waals surface area contributed by atoms with Gasteiger partial charge in [0.1, 0.15) is 0 Å². The number of nitrogens with one attached hydrogen (secondary N) is 1. The first-order chi connectivity index (χ1) is 9.08. The van der Waals surface area contributed by atoms with Gasteiger partial charge in [-0.1, -0.05) is 26.0 Å². The van der Waals surface area contributed by atoms with Gasteiger partial charge in [-0.3, -0.25) is 0 Å². The van der Waals surface area contributed by atoms with Gasteiger partial charge in [0.05, 0.1) is 6.10 Å². The van der Waals surface area contributed by atoms with Crippen molar-refractivity contribution in [2.75, 3.05) is 25.5 Å². The molecule has 0 aromatic heterocycles. The predicted octanol–water partition coefficient (Wildman–Crippen LogP) is 2.95. The third kappa shape index (κ3) is 5.21. The van der Waals surface area contributed by atoms with Crippen LogP contribution in [0.15, 0.2) is 24.3 Å². The molecule has 0 bridgehead atoms. The number of rotatable bonds is 8. The highest BCUT2D eigenvalue weighted by atomic mass is 16.3. The Morgan fingerprint density at radius 3 is 2.21 bits per heavy atom. The van der Waals surface area contributed by atoms with Crippen LogP contribution in [0.4, 0.5) is 5.69 Å². The number of aliphatic hydroxyl groups is 1. The van der Waals surface area contributed by atoms with Crippen molar-refractivity contribution < 1.29 is 5.11 Å². The number of anilines is 1. The molecule has 0 spiro atoms. The summed E-state index contributed by atoms with van der Waals surface area (Å²) in [7, 11) is 4.10. The van der Waals surface area contributed by atoms with Crippen LogP contribution in [0.25, 0.3) is 0 Å². The normalized spacial score (nSPS) is 14.2. The van der Waals surface area contributed by atoms with Gasteiger partial charge >= 0.3 is 0 Å². The quantitative estimate of drug-likeness (QED) is 0.758. The molecular formula is C16H28N2O. The Balaban J connectivity index is 2.54. The van der Waals surface area contributed by atoms with Gasteiger partial charge in [0.25, 0.3) is 0 Å². The molecule has 1 rings (SSSR count). The molecule has 1 aromatic rings. The number of hydrogen-bond donors (Lipinski definition) is 2. The zero-order chi connectivity index (χ0) is 14.3. The number of aliphatic hydroxyl groups excluding tert-OH is 1.